The summed E-state index contributed by atoms with van der Waals surface area (Å²) in [6.07, 6.45) is 1.78. The monoisotopic (exact) mass is 298 g/mol. The smallest absolute Gasteiger partial charge is 0.138 e. The van der Waals surface area contributed by atoms with Gasteiger partial charge in [-0.3, -0.25) is 0 Å². The van der Waals surface area contributed by atoms with Crippen molar-refractivity contribution in [3.63, 3.8) is 0 Å². The zero-order valence-electron chi connectivity index (χ0n) is 11.6. The van der Waals surface area contributed by atoms with Crippen LogP contribution in [0, 0.1) is 0 Å². The molecule has 4 heteroatoms. The third-order valence-electron chi connectivity index (χ3n) is 3.33. The van der Waals surface area contributed by atoms with Gasteiger partial charge in [-0.25, -0.2) is 4.98 Å². The lowest BCUT2D eigenvalue weighted by atomic mass is 10.1. The number of ether oxygens (including phenoxy) is 1. The Kier molecular flexibility index (Phi) is 3.93. The summed E-state index contributed by atoms with van der Waals surface area (Å²) in [6, 6.07) is 15.9. The molecule has 21 heavy (non-hydrogen) atoms. The zero-order chi connectivity index (χ0) is 14.7. The minimum atomic E-state index is 0.492. The van der Waals surface area contributed by atoms with Gasteiger partial charge in [0.05, 0.1) is 7.11 Å². The molecule has 0 radical (unpaired) electrons. The zero-order valence-corrected chi connectivity index (χ0v) is 12.4. The maximum atomic E-state index is 5.88. The highest BCUT2D eigenvalue weighted by atomic mass is 35.5. The molecule has 0 spiro atoms. The molecule has 0 bridgehead atoms. The number of hydrogen-bond acceptors (Lipinski definition) is 3. The number of hydrogen-bond donors (Lipinski definition) is 1. The Hall–Kier alpha value is -2.26. The molecular formula is C17H15ClN2O. The van der Waals surface area contributed by atoms with Gasteiger partial charge in [-0.05, 0) is 29.8 Å². The largest absolute Gasteiger partial charge is 0.496 e. The molecular weight excluding hydrogens is 284 g/mol. The molecule has 0 aliphatic carbocycles. The Morgan fingerprint density at radius 3 is 2.76 bits per heavy atom. The first-order valence-electron chi connectivity index (χ1n) is 6.65. The molecule has 3 aromatic rings. The van der Waals surface area contributed by atoms with E-state index in [1.807, 2.05) is 48.5 Å². The average molecular weight is 299 g/mol. The first-order valence-corrected chi connectivity index (χ1v) is 7.19. The van der Waals surface area contributed by atoms with Gasteiger partial charge in [-0.15, -0.1) is 11.6 Å². The molecule has 0 fully saturated rings. The van der Waals surface area contributed by atoms with Crippen molar-refractivity contribution in [1.29, 1.82) is 0 Å². The molecule has 0 aliphatic rings. The Balaban J connectivity index is 2.04. The Bertz CT molecular complexity index is 774. The first-order chi connectivity index (χ1) is 10.3. The van der Waals surface area contributed by atoms with Gasteiger partial charge in [-0.1, -0.05) is 24.3 Å². The number of fused-ring (bicyclic) bond motifs is 1. The number of anilines is 2. The lowest BCUT2D eigenvalue weighted by Crippen LogP contribution is -1.96. The molecule has 3 rings (SSSR count). The maximum Gasteiger partial charge on any atom is 0.138 e. The van der Waals surface area contributed by atoms with E-state index in [-0.39, 0.29) is 0 Å². The van der Waals surface area contributed by atoms with E-state index >= 15 is 0 Å². The van der Waals surface area contributed by atoms with E-state index in [1.165, 1.54) is 0 Å². The van der Waals surface area contributed by atoms with E-state index in [9.17, 15) is 0 Å². The average Bonchev–Trinajstić information content (AvgIpc) is 2.55. The number of nitrogens with zero attached hydrogens (tertiary/aromatic N) is 1. The van der Waals surface area contributed by atoms with Crippen LogP contribution in [0.2, 0.25) is 0 Å². The van der Waals surface area contributed by atoms with Crippen LogP contribution in [0.5, 0.6) is 5.75 Å². The van der Waals surface area contributed by atoms with Crippen molar-refractivity contribution < 1.29 is 4.74 Å². The number of nitrogens with one attached hydrogen (secondary N) is 1. The van der Waals surface area contributed by atoms with Crippen molar-refractivity contribution in [2.24, 2.45) is 0 Å². The van der Waals surface area contributed by atoms with Gasteiger partial charge in [0, 0.05) is 28.5 Å². The molecule has 1 aromatic heterocycles. The van der Waals surface area contributed by atoms with Gasteiger partial charge < -0.3 is 10.1 Å². The summed E-state index contributed by atoms with van der Waals surface area (Å²) in [5.74, 6) is 2.14. The highest BCUT2D eigenvalue weighted by Crippen LogP contribution is 2.30. The highest BCUT2D eigenvalue weighted by Gasteiger charge is 2.06. The van der Waals surface area contributed by atoms with E-state index in [4.69, 9.17) is 16.3 Å². The second-order valence-corrected chi connectivity index (χ2v) is 4.94. The van der Waals surface area contributed by atoms with Crippen molar-refractivity contribution >= 4 is 33.9 Å². The quantitative estimate of drug-likeness (QED) is 0.707. The fourth-order valence-electron chi connectivity index (χ4n) is 2.32. The summed E-state index contributed by atoms with van der Waals surface area (Å²) in [7, 11) is 1.67. The second kappa shape index (κ2) is 6.02. The first kappa shape index (κ1) is 13.7. The number of benzene rings is 2. The number of aromatic nitrogens is 1. The van der Waals surface area contributed by atoms with Crippen molar-refractivity contribution in [1.82, 2.24) is 4.98 Å². The van der Waals surface area contributed by atoms with E-state index in [1.54, 1.807) is 13.3 Å². The lowest BCUT2D eigenvalue weighted by molar-refractivity contribution is 0.420. The fourth-order valence-corrected chi connectivity index (χ4v) is 2.49. The molecule has 0 saturated carbocycles. The van der Waals surface area contributed by atoms with Crippen LogP contribution < -0.4 is 10.1 Å². The normalized spacial score (nSPS) is 10.6. The third-order valence-corrected chi connectivity index (χ3v) is 3.64. The lowest BCUT2D eigenvalue weighted by Gasteiger charge is -2.11. The van der Waals surface area contributed by atoms with Gasteiger partial charge in [0.1, 0.15) is 11.6 Å². The van der Waals surface area contributed by atoms with E-state index in [0.29, 0.717) is 5.88 Å². The summed E-state index contributed by atoms with van der Waals surface area (Å²) in [5, 5.41) is 5.40. The minimum absolute atomic E-state index is 0.492. The molecule has 3 nitrogen and oxygen atoms in total. The standard InChI is InChI=1S/C17H15ClN2O/c1-21-16-7-3-6-15-14(16)8-9-19-17(15)20-13-5-2-4-12(10-13)11-18/h2-10H,11H2,1H3,(H,19,20). The number of rotatable bonds is 4. The maximum absolute atomic E-state index is 5.88. The van der Waals surface area contributed by atoms with Crippen LogP contribution in [-0.4, -0.2) is 12.1 Å². The Morgan fingerprint density at radius 2 is 1.95 bits per heavy atom. The van der Waals surface area contributed by atoms with Crippen LogP contribution in [0.3, 0.4) is 0 Å². The van der Waals surface area contributed by atoms with Crippen LogP contribution in [-0.2, 0) is 5.88 Å². The summed E-state index contributed by atoms with van der Waals surface area (Å²) in [5.41, 5.74) is 2.04. The Labute approximate surface area is 128 Å². The Morgan fingerprint density at radius 1 is 1.10 bits per heavy atom. The predicted molar refractivity (Wildman–Crippen MR) is 87.6 cm³/mol. The molecule has 0 atom stereocenters. The molecule has 1 N–H and O–H groups in total. The van der Waals surface area contributed by atoms with Gasteiger partial charge in [0.25, 0.3) is 0 Å². The van der Waals surface area contributed by atoms with Crippen molar-refractivity contribution in [2.75, 3.05) is 12.4 Å². The SMILES string of the molecule is COc1cccc2c(Nc3cccc(CCl)c3)nccc12. The summed E-state index contributed by atoms with van der Waals surface area (Å²) >= 11 is 5.88. The topological polar surface area (TPSA) is 34.1 Å². The molecule has 106 valence electrons. The van der Waals surface area contributed by atoms with Crippen LogP contribution in [0.15, 0.2) is 54.7 Å². The van der Waals surface area contributed by atoms with Gasteiger partial charge in [0.2, 0.25) is 0 Å². The van der Waals surface area contributed by atoms with E-state index < -0.39 is 0 Å². The van der Waals surface area contributed by atoms with Crippen LogP contribution >= 0.6 is 11.6 Å². The summed E-state index contributed by atoms with van der Waals surface area (Å²) < 4.78 is 5.40. The van der Waals surface area contributed by atoms with Gasteiger partial charge >= 0.3 is 0 Å². The van der Waals surface area contributed by atoms with Crippen molar-refractivity contribution in [2.45, 2.75) is 5.88 Å². The number of halogens is 1. The summed E-state index contributed by atoms with van der Waals surface area (Å²) in [4.78, 5) is 4.43. The molecule has 0 unspecified atom stereocenters. The number of pyridine rings is 1. The van der Waals surface area contributed by atoms with Gasteiger partial charge in [-0.2, -0.15) is 0 Å². The highest BCUT2D eigenvalue weighted by molar-refractivity contribution is 6.17. The number of methoxy groups -OCH3 is 1. The van der Waals surface area contributed by atoms with Crippen molar-refractivity contribution in [3.05, 3.63) is 60.3 Å². The van der Waals surface area contributed by atoms with Gasteiger partial charge in [0.15, 0.2) is 0 Å². The van der Waals surface area contributed by atoms with Crippen LogP contribution in [0.1, 0.15) is 5.56 Å². The van der Waals surface area contributed by atoms with E-state index in [2.05, 4.69) is 10.3 Å². The van der Waals surface area contributed by atoms with Crippen molar-refractivity contribution in [3.8, 4) is 5.75 Å². The van der Waals surface area contributed by atoms with Crippen LogP contribution in [0.4, 0.5) is 11.5 Å². The predicted octanol–water partition coefficient (Wildman–Crippen LogP) is 4.73. The fraction of sp³-hybridized carbons (Fsp3) is 0.118. The number of alkyl halides is 1. The minimum Gasteiger partial charge on any atom is -0.496 e. The van der Waals surface area contributed by atoms with Crippen LogP contribution in [0.25, 0.3) is 10.8 Å². The summed E-state index contributed by atoms with van der Waals surface area (Å²) in [6.45, 7) is 0. The molecule has 2 aromatic carbocycles. The molecule has 1 heterocycles. The van der Waals surface area contributed by atoms with E-state index in [0.717, 1.165) is 33.6 Å². The molecule has 0 amide bonds. The second-order valence-electron chi connectivity index (χ2n) is 4.67. The molecule has 0 saturated heterocycles. The molecule has 0 aliphatic heterocycles. The third kappa shape index (κ3) is 2.78.